The van der Waals surface area contributed by atoms with Crippen LogP contribution in [-0.4, -0.2) is 5.54 Å². The van der Waals surface area contributed by atoms with E-state index in [4.69, 9.17) is 0 Å². The molecular formula is C15H25N. The predicted octanol–water partition coefficient (Wildman–Crippen LogP) is 3.85. The summed E-state index contributed by atoms with van der Waals surface area (Å²) in [5.74, 6) is 1.27. The Bertz CT molecular complexity index is 292. The van der Waals surface area contributed by atoms with Crippen molar-refractivity contribution >= 4 is 0 Å². The van der Waals surface area contributed by atoms with Gasteiger partial charge >= 0.3 is 0 Å². The fourth-order valence-electron chi connectivity index (χ4n) is 1.96. The molecule has 0 aliphatic carbocycles. The molecule has 1 N–H and O–H groups in total. The van der Waals surface area contributed by atoms with Crippen LogP contribution in [0, 0.1) is 11.8 Å². The monoisotopic (exact) mass is 219 g/mol. The topological polar surface area (TPSA) is 12.0 Å². The molecule has 90 valence electrons. The molecule has 0 aliphatic heterocycles. The molecule has 16 heavy (non-hydrogen) atoms. The summed E-state index contributed by atoms with van der Waals surface area (Å²) >= 11 is 0. The van der Waals surface area contributed by atoms with Gasteiger partial charge in [-0.1, -0.05) is 58.0 Å². The van der Waals surface area contributed by atoms with E-state index >= 15 is 0 Å². The van der Waals surface area contributed by atoms with Crippen LogP contribution in [0.15, 0.2) is 30.3 Å². The molecule has 0 atom stereocenters. The SMILES string of the molecule is CC(C)C(C)(NCc1ccccc1)C(C)C. The van der Waals surface area contributed by atoms with Crippen LogP contribution < -0.4 is 5.32 Å². The highest BCUT2D eigenvalue weighted by molar-refractivity contribution is 5.14. The second-order valence-electron chi connectivity index (χ2n) is 5.43. The van der Waals surface area contributed by atoms with Crippen molar-refractivity contribution in [1.29, 1.82) is 0 Å². The number of rotatable bonds is 5. The van der Waals surface area contributed by atoms with Gasteiger partial charge in [-0.2, -0.15) is 0 Å². The van der Waals surface area contributed by atoms with Gasteiger partial charge in [-0.15, -0.1) is 0 Å². The largest absolute Gasteiger partial charge is 0.307 e. The van der Waals surface area contributed by atoms with E-state index in [1.807, 2.05) is 0 Å². The third-order valence-corrected chi connectivity index (χ3v) is 3.91. The smallest absolute Gasteiger partial charge is 0.0210 e. The maximum Gasteiger partial charge on any atom is 0.0210 e. The van der Waals surface area contributed by atoms with Gasteiger partial charge in [0.25, 0.3) is 0 Å². The molecule has 0 unspecified atom stereocenters. The number of benzene rings is 1. The van der Waals surface area contributed by atoms with Crippen LogP contribution in [0.5, 0.6) is 0 Å². The summed E-state index contributed by atoms with van der Waals surface area (Å²) in [6.07, 6.45) is 0. The Morgan fingerprint density at radius 2 is 1.50 bits per heavy atom. The van der Waals surface area contributed by atoms with E-state index in [-0.39, 0.29) is 5.54 Å². The van der Waals surface area contributed by atoms with Gasteiger partial charge in [0.2, 0.25) is 0 Å². The molecular weight excluding hydrogens is 194 g/mol. The molecule has 1 heteroatoms. The number of nitrogens with one attached hydrogen (secondary N) is 1. The Kier molecular flexibility index (Phi) is 4.55. The standard InChI is InChI=1S/C15H25N/c1-12(2)15(5,13(3)4)16-11-14-9-7-6-8-10-14/h6-10,12-13,16H,11H2,1-5H3. The molecule has 0 bridgehead atoms. The Labute approximate surface area is 100 Å². The second kappa shape index (κ2) is 5.49. The number of hydrogen-bond donors (Lipinski definition) is 1. The van der Waals surface area contributed by atoms with Crippen molar-refractivity contribution in [2.24, 2.45) is 11.8 Å². The highest BCUT2D eigenvalue weighted by Gasteiger charge is 2.30. The average molecular weight is 219 g/mol. The Morgan fingerprint density at radius 1 is 1.00 bits per heavy atom. The van der Waals surface area contributed by atoms with Gasteiger partial charge in [0.1, 0.15) is 0 Å². The van der Waals surface area contributed by atoms with Crippen LogP contribution in [0.3, 0.4) is 0 Å². The van der Waals surface area contributed by atoms with Gasteiger partial charge in [0.15, 0.2) is 0 Å². The van der Waals surface area contributed by atoms with Crippen molar-refractivity contribution < 1.29 is 0 Å². The van der Waals surface area contributed by atoms with Gasteiger partial charge in [0, 0.05) is 12.1 Å². The first kappa shape index (κ1) is 13.2. The Hall–Kier alpha value is -0.820. The lowest BCUT2D eigenvalue weighted by Crippen LogP contribution is -2.50. The lowest BCUT2D eigenvalue weighted by atomic mass is 9.78. The molecule has 1 aromatic rings. The zero-order valence-corrected chi connectivity index (χ0v) is 11.2. The third kappa shape index (κ3) is 3.08. The third-order valence-electron chi connectivity index (χ3n) is 3.91. The second-order valence-corrected chi connectivity index (χ2v) is 5.43. The Morgan fingerprint density at radius 3 is 1.94 bits per heavy atom. The zero-order chi connectivity index (χ0) is 12.2. The predicted molar refractivity (Wildman–Crippen MR) is 71.4 cm³/mol. The quantitative estimate of drug-likeness (QED) is 0.793. The van der Waals surface area contributed by atoms with Gasteiger partial charge in [-0.3, -0.25) is 0 Å². The van der Waals surface area contributed by atoms with Gasteiger partial charge in [0.05, 0.1) is 0 Å². The van der Waals surface area contributed by atoms with E-state index < -0.39 is 0 Å². The first-order valence-electron chi connectivity index (χ1n) is 6.25. The van der Waals surface area contributed by atoms with E-state index in [0.29, 0.717) is 11.8 Å². The highest BCUT2D eigenvalue weighted by atomic mass is 15.0. The summed E-state index contributed by atoms with van der Waals surface area (Å²) in [5.41, 5.74) is 1.56. The first-order valence-corrected chi connectivity index (χ1v) is 6.25. The van der Waals surface area contributed by atoms with Crippen LogP contribution in [0.4, 0.5) is 0 Å². The van der Waals surface area contributed by atoms with E-state index in [1.54, 1.807) is 0 Å². The van der Waals surface area contributed by atoms with E-state index in [1.165, 1.54) is 5.56 Å². The van der Waals surface area contributed by atoms with Crippen LogP contribution in [0.1, 0.15) is 40.2 Å². The summed E-state index contributed by atoms with van der Waals surface area (Å²) in [6, 6.07) is 10.6. The van der Waals surface area contributed by atoms with Crippen molar-refractivity contribution in [1.82, 2.24) is 5.32 Å². The van der Waals surface area contributed by atoms with Crippen LogP contribution in [0.25, 0.3) is 0 Å². The van der Waals surface area contributed by atoms with Crippen LogP contribution in [0.2, 0.25) is 0 Å². The molecule has 0 saturated heterocycles. The normalized spacial score (nSPS) is 12.4. The summed E-state index contributed by atoms with van der Waals surface area (Å²) in [4.78, 5) is 0. The number of hydrogen-bond acceptors (Lipinski definition) is 1. The average Bonchev–Trinajstić information content (AvgIpc) is 2.26. The summed E-state index contributed by atoms with van der Waals surface area (Å²) < 4.78 is 0. The van der Waals surface area contributed by atoms with Gasteiger partial charge in [-0.25, -0.2) is 0 Å². The fourth-order valence-corrected chi connectivity index (χ4v) is 1.96. The Balaban J connectivity index is 2.65. The summed E-state index contributed by atoms with van der Waals surface area (Å²) in [6.45, 7) is 12.4. The van der Waals surface area contributed by atoms with Crippen molar-refractivity contribution in [2.45, 2.75) is 46.7 Å². The van der Waals surface area contributed by atoms with Crippen LogP contribution >= 0.6 is 0 Å². The molecule has 0 saturated carbocycles. The van der Waals surface area contributed by atoms with Gasteiger partial charge < -0.3 is 5.32 Å². The highest BCUT2D eigenvalue weighted by Crippen LogP contribution is 2.25. The fraction of sp³-hybridized carbons (Fsp3) is 0.600. The minimum Gasteiger partial charge on any atom is -0.307 e. The molecule has 1 aromatic carbocycles. The van der Waals surface area contributed by atoms with Crippen LogP contribution in [-0.2, 0) is 6.54 Å². The zero-order valence-electron chi connectivity index (χ0n) is 11.2. The maximum absolute atomic E-state index is 3.71. The van der Waals surface area contributed by atoms with E-state index in [2.05, 4.69) is 70.3 Å². The molecule has 0 spiro atoms. The molecule has 1 rings (SSSR count). The first-order chi connectivity index (χ1) is 7.47. The minimum atomic E-state index is 0.204. The lowest BCUT2D eigenvalue weighted by Gasteiger charge is -2.39. The maximum atomic E-state index is 3.71. The van der Waals surface area contributed by atoms with Crippen molar-refractivity contribution in [3.8, 4) is 0 Å². The molecule has 0 aliphatic rings. The summed E-state index contributed by atoms with van der Waals surface area (Å²) in [7, 11) is 0. The minimum absolute atomic E-state index is 0.204. The molecule has 0 radical (unpaired) electrons. The molecule has 0 fully saturated rings. The van der Waals surface area contributed by atoms with E-state index in [0.717, 1.165) is 6.54 Å². The molecule has 0 aromatic heterocycles. The molecule has 1 nitrogen and oxygen atoms in total. The van der Waals surface area contributed by atoms with E-state index in [9.17, 15) is 0 Å². The van der Waals surface area contributed by atoms with Crippen molar-refractivity contribution in [2.75, 3.05) is 0 Å². The van der Waals surface area contributed by atoms with Gasteiger partial charge in [-0.05, 0) is 24.3 Å². The summed E-state index contributed by atoms with van der Waals surface area (Å²) in [5, 5.41) is 3.71. The van der Waals surface area contributed by atoms with Crippen molar-refractivity contribution in [3.63, 3.8) is 0 Å². The molecule has 0 heterocycles. The van der Waals surface area contributed by atoms with Crippen molar-refractivity contribution in [3.05, 3.63) is 35.9 Å². The lowest BCUT2D eigenvalue weighted by molar-refractivity contribution is 0.184. The molecule has 0 amide bonds.